The van der Waals surface area contributed by atoms with E-state index in [1.54, 1.807) is 31.4 Å². The lowest BCUT2D eigenvalue weighted by Crippen LogP contribution is -2.14. The Morgan fingerprint density at radius 3 is 2.10 bits per heavy atom. The number of hydrogen-bond donors (Lipinski definition) is 1. The summed E-state index contributed by atoms with van der Waals surface area (Å²) in [7, 11) is -1.98. The highest BCUT2D eigenvalue weighted by Gasteiger charge is 2.16. The van der Waals surface area contributed by atoms with Crippen molar-refractivity contribution in [1.82, 2.24) is 0 Å². The highest BCUT2D eigenvalue weighted by Crippen LogP contribution is 2.23. The van der Waals surface area contributed by atoms with Gasteiger partial charge in [-0.3, -0.25) is 4.72 Å². The van der Waals surface area contributed by atoms with Crippen molar-refractivity contribution in [2.45, 2.75) is 25.3 Å². The van der Waals surface area contributed by atoms with Crippen molar-refractivity contribution in [2.24, 2.45) is 0 Å². The third-order valence-corrected chi connectivity index (χ3v) is 4.63. The predicted molar refractivity (Wildman–Crippen MR) is 83.9 cm³/mol. The summed E-state index contributed by atoms with van der Waals surface area (Å²) in [6.07, 6.45) is 0. The maximum Gasteiger partial charge on any atom is 0.261 e. The van der Waals surface area contributed by atoms with Crippen molar-refractivity contribution in [3.63, 3.8) is 0 Å². The van der Waals surface area contributed by atoms with Crippen molar-refractivity contribution < 1.29 is 13.2 Å². The second kappa shape index (κ2) is 6.28. The molecule has 2 aromatic rings. The monoisotopic (exact) mass is 305 g/mol. The van der Waals surface area contributed by atoms with Gasteiger partial charge < -0.3 is 4.74 Å². The molecular formula is C16H19NO3S. The molecule has 2 aromatic carbocycles. The molecule has 0 bridgehead atoms. The number of hydrogen-bond acceptors (Lipinski definition) is 3. The lowest BCUT2D eigenvalue weighted by molar-refractivity contribution is 0.185. The second-order valence-corrected chi connectivity index (χ2v) is 6.63. The minimum Gasteiger partial charge on any atom is -0.380 e. The highest BCUT2D eigenvalue weighted by molar-refractivity contribution is 7.92. The molecule has 0 aliphatic rings. The van der Waals surface area contributed by atoms with Crippen molar-refractivity contribution in [3.8, 4) is 0 Å². The molecule has 0 atom stereocenters. The van der Waals surface area contributed by atoms with E-state index < -0.39 is 10.0 Å². The van der Waals surface area contributed by atoms with Crippen LogP contribution in [0.4, 0.5) is 5.69 Å². The zero-order valence-electron chi connectivity index (χ0n) is 12.4. The van der Waals surface area contributed by atoms with Crippen molar-refractivity contribution in [1.29, 1.82) is 0 Å². The minimum atomic E-state index is -3.58. The molecule has 0 fully saturated rings. The van der Waals surface area contributed by atoms with Gasteiger partial charge in [-0.1, -0.05) is 30.3 Å². The first-order valence-electron chi connectivity index (χ1n) is 6.61. The van der Waals surface area contributed by atoms with Gasteiger partial charge in [-0.25, -0.2) is 8.42 Å². The standard InChI is InChI=1S/C16H19NO3S/c1-12-5-4-6-13(2)16(12)17-21(18,19)15-9-7-14(8-10-15)11-20-3/h4-10,17H,11H2,1-3H3. The van der Waals surface area contributed by atoms with Crippen LogP contribution in [0.2, 0.25) is 0 Å². The lowest BCUT2D eigenvalue weighted by atomic mass is 10.1. The van der Waals surface area contributed by atoms with Crippen LogP contribution in [-0.4, -0.2) is 15.5 Å². The lowest BCUT2D eigenvalue weighted by Gasteiger charge is -2.13. The van der Waals surface area contributed by atoms with E-state index in [1.807, 2.05) is 32.0 Å². The zero-order chi connectivity index (χ0) is 15.5. The molecule has 0 aliphatic heterocycles. The van der Waals surface area contributed by atoms with E-state index in [-0.39, 0.29) is 4.90 Å². The van der Waals surface area contributed by atoms with E-state index in [1.165, 1.54) is 0 Å². The predicted octanol–water partition coefficient (Wildman–Crippen LogP) is 3.25. The van der Waals surface area contributed by atoms with Crippen LogP contribution >= 0.6 is 0 Å². The van der Waals surface area contributed by atoms with E-state index >= 15 is 0 Å². The summed E-state index contributed by atoms with van der Waals surface area (Å²) in [5.41, 5.74) is 3.37. The first kappa shape index (κ1) is 15.5. The third-order valence-electron chi connectivity index (χ3n) is 3.26. The Morgan fingerprint density at radius 2 is 1.57 bits per heavy atom. The van der Waals surface area contributed by atoms with Crippen LogP contribution in [-0.2, 0) is 21.4 Å². The summed E-state index contributed by atoms with van der Waals surface area (Å²) in [5, 5.41) is 0. The molecule has 5 heteroatoms. The molecule has 4 nitrogen and oxygen atoms in total. The summed E-state index contributed by atoms with van der Waals surface area (Å²) in [6.45, 7) is 4.23. The number of ether oxygens (including phenoxy) is 1. The number of para-hydroxylation sites is 1. The van der Waals surface area contributed by atoms with E-state index in [9.17, 15) is 8.42 Å². The van der Waals surface area contributed by atoms with Gasteiger partial charge in [-0.15, -0.1) is 0 Å². The number of anilines is 1. The normalized spacial score (nSPS) is 11.4. The van der Waals surface area contributed by atoms with E-state index in [4.69, 9.17) is 4.74 Å². The van der Waals surface area contributed by atoms with Gasteiger partial charge in [0.1, 0.15) is 0 Å². The number of benzene rings is 2. The minimum absolute atomic E-state index is 0.241. The Labute approximate surface area is 125 Å². The number of aryl methyl sites for hydroxylation is 2. The quantitative estimate of drug-likeness (QED) is 0.922. The van der Waals surface area contributed by atoms with Gasteiger partial charge in [-0.05, 0) is 42.7 Å². The van der Waals surface area contributed by atoms with Gasteiger partial charge in [0.15, 0.2) is 0 Å². The summed E-state index contributed by atoms with van der Waals surface area (Å²) in [5.74, 6) is 0. The van der Waals surface area contributed by atoms with Gasteiger partial charge in [0.25, 0.3) is 10.0 Å². The van der Waals surface area contributed by atoms with Gasteiger partial charge in [0.05, 0.1) is 17.2 Å². The molecule has 2 rings (SSSR count). The van der Waals surface area contributed by atoms with Crippen molar-refractivity contribution in [2.75, 3.05) is 11.8 Å². The van der Waals surface area contributed by atoms with Gasteiger partial charge in [0.2, 0.25) is 0 Å². The fourth-order valence-electron chi connectivity index (χ4n) is 2.10. The zero-order valence-corrected chi connectivity index (χ0v) is 13.2. The van der Waals surface area contributed by atoms with Gasteiger partial charge >= 0.3 is 0 Å². The Bertz CT molecular complexity index is 701. The fourth-order valence-corrected chi connectivity index (χ4v) is 3.30. The van der Waals surface area contributed by atoms with Crippen molar-refractivity contribution >= 4 is 15.7 Å². The number of methoxy groups -OCH3 is 1. The molecule has 0 saturated carbocycles. The van der Waals surface area contributed by atoms with Crippen LogP contribution in [0.1, 0.15) is 16.7 Å². The van der Waals surface area contributed by atoms with E-state index in [0.29, 0.717) is 12.3 Å². The SMILES string of the molecule is COCc1ccc(S(=O)(=O)Nc2c(C)cccc2C)cc1. The van der Waals surface area contributed by atoms with Crippen LogP contribution < -0.4 is 4.72 Å². The summed E-state index contributed by atoms with van der Waals surface area (Å²) in [4.78, 5) is 0.241. The first-order chi connectivity index (χ1) is 9.94. The van der Waals surface area contributed by atoms with E-state index in [2.05, 4.69) is 4.72 Å². The fraction of sp³-hybridized carbons (Fsp3) is 0.250. The Morgan fingerprint density at radius 1 is 1.00 bits per heavy atom. The highest BCUT2D eigenvalue weighted by atomic mass is 32.2. The first-order valence-corrected chi connectivity index (χ1v) is 8.09. The van der Waals surface area contributed by atoms with Gasteiger partial charge in [0, 0.05) is 7.11 Å². The van der Waals surface area contributed by atoms with Crippen LogP contribution in [0.25, 0.3) is 0 Å². The average molecular weight is 305 g/mol. The molecule has 0 heterocycles. The number of sulfonamides is 1. The largest absolute Gasteiger partial charge is 0.380 e. The Hall–Kier alpha value is -1.85. The molecule has 0 spiro atoms. The van der Waals surface area contributed by atoms with Crippen LogP contribution in [0.5, 0.6) is 0 Å². The Balaban J connectivity index is 2.30. The summed E-state index contributed by atoms with van der Waals surface area (Å²) < 4.78 is 32.5. The average Bonchev–Trinajstić information content (AvgIpc) is 2.44. The number of rotatable bonds is 5. The smallest absolute Gasteiger partial charge is 0.261 e. The van der Waals surface area contributed by atoms with Crippen LogP contribution in [0.15, 0.2) is 47.4 Å². The number of nitrogens with one attached hydrogen (secondary N) is 1. The van der Waals surface area contributed by atoms with Crippen LogP contribution in [0, 0.1) is 13.8 Å². The topological polar surface area (TPSA) is 55.4 Å². The molecule has 112 valence electrons. The van der Waals surface area contributed by atoms with Crippen LogP contribution in [0.3, 0.4) is 0 Å². The molecule has 0 amide bonds. The van der Waals surface area contributed by atoms with E-state index in [0.717, 1.165) is 16.7 Å². The molecular weight excluding hydrogens is 286 g/mol. The molecule has 0 saturated heterocycles. The molecule has 0 radical (unpaired) electrons. The molecule has 0 unspecified atom stereocenters. The molecule has 1 N–H and O–H groups in total. The molecule has 0 aliphatic carbocycles. The van der Waals surface area contributed by atoms with Crippen molar-refractivity contribution in [3.05, 3.63) is 59.2 Å². The molecule has 21 heavy (non-hydrogen) atoms. The Kier molecular flexibility index (Phi) is 4.65. The van der Waals surface area contributed by atoms with Gasteiger partial charge in [-0.2, -0.15) is 0 Å². The third kappa shape index (κ3) is 3.62. The summed E-state index contributed by atoms with van der Waals surface area (Å²) in [6, 6.07) is 12.3. The molecule has 0 aromatic heterocycles. The maximum absolute atomic E-state index is 12.4. The summed E-state index contributed by atoms with van der Waals surface area (Å²) >= 11 is 0. The maximum atomic E-state index is 12.4. The second-order valence-electron chi connectivity index (χ2n) is 4.95.